The monoisotopic (exact) mass is 310 g/mol. The first kappa shape index (κ1) is 15.4. The molecule has 3 nitrogen and oxygen atoms in total. The van der Waals surface area contributed by atoms with E-state index in [1.165, 1.54) is 25.7 Å². The lowest BCUT2D eigenvalue weighted by Gasteiger charge is -2.30. The Bertz CT molecular complexity index is 479. The Balaban J connectivity index is 2.16. The minimum Gasteiger partial charge on any atom is -0.497 e. The highest BCUT2D eigenvalue weighted by Crippen LogP contribution is 2.31. The van der Waals surface area contributed by atoms with Crippen LogP contribution in [-0.2, 0) is 0 Å². The largest absolute Gasteiger partial charge is 0.497 e. The quantitative estimate of drug-likeness (QED) is 0.816. The average molecular weight is 310 g/mol. The van der Waals surface area contributed by atoms with E-state index in [0.717, 1.165) is 22.3 Å². The summed E-state index contributed by atoms with van der Waals surface area (Å²) in [6, 6.07) is 6.29. The van der Waals surface area contributed by atoms with Crippen molar-refractivity contribution in [3.63, 3.8) is 0 Å². The van der Waals surface area contributed by atoms with Gasteiger partial charge in [-0.15, -0.1) is 0 Å². The minimum absolute atomic E-state index is 0.423. The molecule has 1 aromatic carbocycles. The van der Waals surface area contributed by atoms with Gasteiger partial charge < -0.3 is 15.8 Å². The highest BCUT2D eigenvalue weighted by Gasteiger charge is 2.22. The second-order valence-corrected chi connectivity index (χ2v) is 6.72. The molecule has 110 valence electrons. The van der Waals surface area contributed by atoms with Crippen LogP contribution in [0.3, 0.4) is 0 Å². The second kappa shape index (κ2) is 7.18. The van der Waals surface area contributed by atoms with Crippen LogP contribution in [0.25, 0.3) is 0 Å². The van der Waals surface area contributed by atoms with Crippen molar-refractivity contribution in [2.75, 3.05) is 18.7 Å². The van der Waals surface area contributed by atoms with Gasteiger partial charge in [-0.3, -0.25) is 0 Å². The Kier molecular flexibility index (Phi) is 5.54. The molecule has 0 spiro atoms. The number of ether oxygens (including phenoxy) is 1. The van der Waals surface area contributed by atoms with E-state index < -0.39 is 0 Å². The summed E-state index contributed by atoms with van der Waals surface area (Å²) in [5.41, 5.74) is 7.70. The Morgan fingerprint density at radius 3 is 2.90 bits per heavy atom. The highest BCUT2D eigenvalue weighted by molar-refractivity contribution is 7.99. The minimum atomic E-state index is 0.423. The van der Waals surface area contributed by atoms with Crippen LogP contribution >= 0.6 is 24.0 Å². The predicted octanol–water partition coefficient (Wildman–Crippen LogP) is 3.42. The lowest BCUT2D eigenvalue weighted by molar-refractivity contribution is 0.414. The molecule has 0 aliphatic heterocycles. The number of nitrogens with one attached hydrogen (secondary N) is 1. The first-order chi connectivity index (χ1) is 9.63. The van der Waals surface area contributed by atoms with Gasteiger partial charge in [-0.2, -0.15) is 11.8 Å². The standard InChI is InChI=1S/C15H22N2OS2/c1-18-11-6-7-13(15(16)19)14(9-11)17-10-4-3-5-12(8-10)20-2/h6-7,9-10,12,17H,3-5,8H2,1-2H3,(H2,16,19). The highest BCUT2D eigenvalue weighted by atomic mass is 32.2. The molecule has 0 amide bonds. The number of rotatable bonds is 5. The number of hydrogen-bond acceptors (Lipinski definition) is 4. The summed E-state index contributed by atoms with van der Waals surface area (Å²) in [6.45, 7) is 0. The summed E-state index contributed by atoms with van der Waals surface area (Å²) < 4.78 is 5.29. The van der Waals surface area contributed by atoms with Gasteiger partial charge in [-0.25, -0.2) is 0 Å². The summed E-state index contributed by atoms with van der Waals surface area (Å²) in [6.07, 6.45) is 7.17. The Morgan fingerprint density at radius 1 is 1.45 bits per heavy atom. The van der Waals surface area contributed by atoms with Gasteiger partial charge in [-0.1, -0.05) is 18.6 Å². The first-order valence-corrected chi connectivity index (χ1v) is 8.60. The average Bonchev–Trinajstić information content (AvgIpc) is 2.47. The van der Waals surface area contributed by atoms with Gasteiger partial charge in [0.25, 0.3) is 0 Å². The Labute approximate surface area is 130 Å². The number of thiocarbonyl (C=S) groups is 1. The molecule has 3 N–H and O–H groups in total. The molecule has 2 atom stereocenters. The zero-order valence-electron chi connectivity index (χ0n) is 12.0. The van der Waals surface area contributed by atoms with Crippen molar-refractivity contribution < 1.29 is 4.74 Å². The van der Waals surface area contributed by atoms with Crippen LogP contribution in [-0.4, -0.2) is 29.6 Å². The fourth-order valence-corrected chi connectivity index (χ4v) is 3.70. The van der Waals surface area contributed by atoms with Crippen molar-refractivity contribution in [2.45, 2.75) is 37.0 Å². The van der Waals surface area contributed by atoms with E-state index in [0.29, 0.717) is 11.0 Å². The molecule has 0 saturated heterocycles. The van der Waals surface area contributed by atoms with E-state index in [1.807, 2.05) is 30.0 Å². The number of methoxy groups -OCH3 is 1. The maximum absolute atomic E-state index is 5.81. The van der Waals surface area contributed by atoms with Crippen LogP contribution in [0.1, 0.15) is 31.2 Å². The summed E-state index contributed by atoms with van der Waals surface area (Å²) in [5, 5.41) is 4.36. The van der Waals surface area contributed by atoms with Crippen molar-refractivity contribution in [1.82, 2.24) is 0 Å². The van der Waals surface area contributed by atoms with Crippen molar-refractivity contribution in [1.29, 1.82) is 0 Å². The molecule has 20 heavy (non-hydrogen) atoms. The van der Waals surface area contributed by atoms with Crippen molar-refractivity contribution in [3.05, 3.63) is 23.8 Å². The van der Waals surface area contributed by atoms with Crippen LogP contribution in [0.4, 0.5) is 5.69 Å². The van der Waals surface area contributed by atoms with E-state index in [4.69, 9.17) is 22.7 Å². The van der Waals surface area contributed by atoms with Crippen molar-refractivity contribution in [3.8, 4) is 5.75 Å². The van der Waals surface area contributed by atoms with Crippen molar-refractivity contribution >= 4 is 34.7 Å². The van der Waals surface area contributed by atoms with Crippen LogP contribution in [0.5, 0.6) is 5.75 Å². The molecule has 1 aromatic rings. The third kappa shape index (κ3) is 3.79. The van der Waals surface area contributed by atoms with Gasteiger partial charge in [0.1, 0.15) is 10.7 Å². The van der Waals surface area contributed by atoms with Gasteiger partial charge in [0.15, 0.2) is 0 Å². The number of nitrogens with two attached hydrogens (primary N) is 1. The fraction of sp³-hybridized carbons (Fsp3) is 0.533. The summed E-state index contributed by atoms with van der Waals surface area (Å²) in [7, 11) is 1.67. The van der Waals surface area contributed by atoms with Gasteiger partial charge >= 0.3 is 0 Å². The van der Waals surface area contributed by atoms with E-state index in [-0.39, 0.29) is 0 Å². The Morgan fingerprint density at radius 2 is 2.25 bits per heavy atom. The van der Waals surface area contributed by atoms with E-state index in [1.54, 1.807) is 7.11 Å². The molecular weight excluding hydrogens is 288 g/mol. The van der Waals surface area contributed by atoms with Crippen LogP contribution in [0.15, 0.2) is 18.2 Å². The van der Waals surface area contributed by atoms with Gasteiger partial charge in [0, 0.05) is 28.6 Å². The third-order valence-corrected chi connectivity index (χ3v) is 5.13. The molecule has 0 radical (unpaired) electrons. The van der Waals surface area contributed by atoms with Crippen molar-refractivity contribution in [2.24, 2.45) is 5.73 Å². The van der Waals surface area contributed by atoms with E-state index in [9.17, 15) is 0 Å². The van der Waals surface area contributed by atoms with E-state index >= 15 is 0 Å². The summed E-state index contributed by atoms with van der Waals surface area (Å²) in [5.74, 6) is 0.824. The maximum atomic E-state index is 5.81. The van der Waals surface area contributed by atoms with Gasteiger partial charge in [0.05, 0.1) is 7.11 Å². The maximum Gasteiger partial charge on any atom is 0.120 e. The first-order valence-electron chi connectivity index (χ1n) is 6.91. The molecule has 0 aromatic heterocycles. The molecular formula is C15H22N2OS2. The lowest BCUT2D eigenvalue weighted by Crippen LogP contribution is -2.29. The van der Waals surface area contributed by atoms with E-state index in [2.05, 4.69) is 11.6 Å². The number of benzene rings is 1. The third-order valence-electron chi connectivity index (χ3n) is 3.81. The molecule has 5 heteroatoms. The molecule has 1 aliphatic rings. The predicted molar refractivity (Wildman–Crippen MR) is 92.1 cm³/mol. The Hall–Kier alpha value is -0.940. The zero-order valence-corrected chi connectivity index (χ0v) is 13.7. The molecule has 1 aliphatic carbocycles. The number of anilines is 1. The molecule has 0 heterocycles. The summed E-state index contributed by atoms with van der Waals surface area (Å²) in [4.78, 5) is 0.423. The molecule has 2 rings (SSSR count). The molecule has 2 unspecified atom stereocenters. The molecule has 1 saturated carbocycles. The fourth-order valence-electron chi connectivity index (χ4n) is 2.69. The molecule has 1 fully saturated rings. The van der Waals surface area contributed by atoms with Crippen LogP contribution in [0.2, 0.25) is 0 Å². The zero-order chi connectivity index (χ0) is 14.5. The number of hydrogen-bond donors (Lipinski definition) is 2. The topological polar surface area (TPSA) is 47.3 Å². The summed E-state index contributed by atoms with van der Waals surface area (Å²) >= 11 is 7.10. The number of thioether (sulfide) groups is 1. The lowest BCUT2D eigenvalue weighted by atomic mass is 9.94. The normalized spacial score (nSPS) is 22.3. The smallest absolute Gasteiger partial charge is 0.120 e. The van der Waals surface area contributed by atoms with Gasteiger partial charge in [-0.05, 0) is 37.7 Å². The van der Waals surface area contributed by atoms with Crippen LogP contribution in [0, 0.1) is 0 Å². The second-order valence-electron chi connectivity index (χ2n) is 5.14. The van der Waals surface area contributed by atoms with Gasteiger partial charge in [0.2, 0.25) is 0 Å². The van der Waals surface area contributed by atoms with Crippen LogP contribution < -0.4 is 15.8 Å². The SMILES string of the molecule is COc1ccc(C(N)=S)c(NC2CCCC(SC)C2)c1. The molecule has 0 bridgehead atoms.